The van der Waals surface area contributed by atoms with E-state index in [1.54, 1.807) is 24.3 Å². The van der Waals surface area contributed by atoms with Crippen LogP contribution in [0.5, 0.6) is 0 Å². The molecule has 1 saturated carbocycles. The molecule has 0 spiro atoms. The maximum atomic E-state index is 13.0. The van der Waals surface area contributed by atoms with Crippen molar-refractivity contribution in [1.29, 1.82) is 0 Å². The van der Waals surface area contributed by atoms with Crippen LogP contribution in [0.2, 0.25) is 0 Å². The average molecular weight is 330 g/mol. The van der Waals surface area contributed by atoms with E-state index in [0.29, 0.717) is 5.56 Å². The second-order valence-electron chi connectivity index (χ2n) is 5.66. The van der Waals surface area contributed by atoms with Gasteiger partial charge in [0.15, 0.2) is 0 Å². The van der Waals surface area contributed by atoms with Gasteiger partial charge in [-0.15, -0.1) is 0 Å². The highest BCUT2D eigenvalue weighted by molar-refractivity contribution is 5.70. The predicted octanol–water partition coefficient (Wildman–Crippen LogP) is 6.27. The van der Waals surface area contributed by atoms with Crippen molar-refractivity contribution in [3.05, 3.63) is 59.2 Å². The fraction of sp³-hybridized carbons (Fsp3) is 0.294. The van der Waals surface area contributed by atoms with E-state index in [4.69, 9.17) is 0 Å². The van der Waals surface area contributed by atoms with Gasteiger partial charge in [0.2, 0.25) is 0 Å². The Morgan fingerprint density at radius 3 is 1.74 bits per heavy atom. The Labute approximate surface area is 128 Å². The summed E-state index contributed by atoms with van der Waals surface area (Å²) >= 11 is 0. The van der Waals surface area contributed by atoms with Crippen molar-refractivity contribution in [2.75, 3.05) is 0 Å². The van der Waals surface area contributed by atoms with Crippen molar-refractivity contribution < 1.29 is 26.3 Å². The number of rotatable bonds is 2. The molecule has 0 N–H and O–H groups in total. The molecular weight excluding hydrogens is 318 g/mol. The van der Waals surface area contributed by atoms with Gasteiger partial charge in [-0.05, 0) is 53.6 Å². The Hall–Kier alpha value is -1.98. The highest BCUT2D eigenvalue weighted by Crippen LogP contribution is 2.46. The van der Waals surface area contributed by atoms with Gasteiger partial charge in [0, 0.05) is 0 Å². The molecule has 0 saturated heterocycles. The lowest BCUT2D eigenvalue weighted by molar-refractivity contribution is -0.143. The number of hydrogen-bond acceptors (Lipinski definition) is 0. The Morgan fingerprint density at radius 1 is 0.739 bits per heavy atom. The number of halogens is 6. The largest absolute Gasteiger partial charge is 0.416 e. The van der Waals surface area contributed by atoms with Crippen LogP contribution in [0.1, 0.15) is 35.4 Å². The second kappa shape index (κ2) is 5.28. The van der Waals surface area contributed by atoms with Gasteiger partial charge < -0.3 is 0 Å². The van der Waals surface area contributed by atoms with Gasteiger partial charge in [-0.3, -0.25) is 0 Å². The van der Waals surface area contributed by atoms with Crippen LogP contribution < -0.4 is 0 Å². The number of hydrogen-bond donors (Lipinski definition) is 0. The van der Waals surface area contributed by atoms with Gasteiger partial charge in [-0.25, -0.2) is 0 Å². The minimum absolute atomic E-state index is 0.0466. The van der Waals surface area contributed by atoms with Crippen molar-refractivity contribution in [2.24, 2.45) is 0 Å². The maximum absolute atomic E-state index is 13.0. The smallest absolute Gasteiger partial charge is 0.166 e. The molecule has 0 amide bonds. The van der Waals surface area contributed by atoms with E-state index in [1.165, 1.54) is 0 Å². The van der Waals surface area contributed by atoms with Crippen molar-refractivity contribution in [1.82, 2.24) is 0 Å². The van der Waals surface area contributed by atoms with Crippen molar-refractivity contribution in [3.8, 4) is 11.1 Å². The fourth-order valence-electron chi connectivity index (χ4n) is 2.62. The van der Waals surface area contributed by atoms with Crippen LogP contribution in [-0.4, -0.2) is 0 Å². The standard InChI is InChI=1S/C17H12F6/c18-16(19,20)12-7-11(8-13(9-12)17(21,22)23)15-4-2-1-3-14(15)10-5-6-10/h1-4,7-10H,5-6H2. The first kappa shape index (κ1) is 15.9. The fourth-order valence-corrected chi connectivity index (χ4v) is 2.62. The lowest BCUT2D eigenvalue weighted by atomic mass is 9.93. The summed E-state index contributed by atoms with van der Waals surface area (Å²) in [6, 6.07) is 8.43. The molecular formula is C17H12F6. The molecule has 0 nitrogen and oxygen atoms in total. The first-order valence-electron chi connectivity index (χ1n) is 7.05. The normalized spacial score (nSPS) is 15.7. The third-order valence-corrected chi connectivity index (χ3v) is 3.88. The first-order chi connectivity index (χ1) is 10.7. The summed E-state index contributed by atoms with van der Waals surface area (Å²) in [5, 5.41) is 0. The monoisotopic (exact) mass is 330 g/mol. The molecule has 6 heteroatoms. The molecule has 0 aliphatic heterocycles. The second-order valence-corrected chi connectivity index (χ2v) is 5.66. The highest BCUT2D eigenvalue weighted by atomic mass is 19.4. The molecule has 2 aromatic rings. The van der Waals surface area contributed by atoms with Crippen LogP contribution >= 0.6 is 0 Å². The molecule has 0 aromatic heterocycles. The van der Waals surface area contributed by atoms with Gasteiger partial charge in [0.25, 0.3) is 0 Å². The molecule has 0 atom stereocenters. The Morgan fingerprint density at radius 2 is 1.26 bits per heavy atom. The van der Waals surface area contributed by atoms with E-state index in [-0.39, 0.29) is 17.5 Å². The molecule has 1 aliphatic rings. The van der Waals surface area contributed by atoms with E-state index >= 15 is 0 Å². The third kappa shape index (κ3) is 3.35. The van der Waals surface area contributed by atoms with E-state index in [0.717, 1.165) is 30.5 Å². The van der Waals surface area contributed by atoms with E-state index in [1.807, 2.05) is 0 Å². The lowest BCUT2D eigenvalue weighted by Crippen LogP contribution is -2.11. The molecule has 0 heterocycles. The van der Waals surface area contributed by atoms with Crippen molar-refractivity contribution in [2.45, 2.75) is 31.1 Å². The minimum atomic E-state index is -4.83. The molecule has 1 fully saturated rings. The lowest BCUT2D eigenvalue weighted by Gasteiger charge is -2.16. The molecule has 0 radical (unpaired) electrons. The maximum Gasteiger partial charge on any atom is 0.416 e. The van der Waals surface area contributed by atoms with E-state index < -0.39 is 23.5 Å². The van der Waals surface area contributed by atoms with Crippen LogP contribution in [0.25, 0.3) is 11.1 Å². The summed E-state index contributed by atoms with van der Waals surface area (Å²) in [6.45, 7) is 0. The third-order valence-electron chi connectivity index (χ3n) is 3.88. The SMILES string of the molecule is FC(F)(F)c1cc(-c2ccccc2C2CC2)cc(C(F)(F)F)c1. The Bertz CT molecular complexity index is 690. The van der Waals surface area contributed by atoms with Crippen LogP contribution in [0, 0.1) is 0 Å². The Balaban J connectivity index is 2.19. The zero-order valence-corrected chi connectivity index (χ0v) is 11.8. The summed E-state index contributed by atoms with van der Waals surface area (Å²) < 4.78 is 77.7. The molecule has 1 aliphatic carbocycles. The zero-order valence-electron chi connectivity index (χ0n) is 11.8. The first-order valence-corrected chi connectivity index (χ1v) is 7.05. The van der Waals surface area contributed by atoms with Gasteiger partial charge in [0.1, 0.15) is 0 Å². The molecule has 3 rings (SSSR count). The Kier molecular flexibility index (Phi) is 3.65. The summed E-state index contributed by atoms with van der Waals surface area (Å²) in [5.41, 5.74) is -1.37. The molecule has 122 valence electrons. The van der Waals surface area contributed by atoms with Gasteiger partial charge in [-0.1, -0.05) is 24.3 Å². The summed E-state index contributed by atoms with van der Waals surface area (Å²) in [6.07, 6.45) is -7.85. The van der Waals surface area contributed by atoms with Crippen LogP contribution in [0.4, 0.5) is 26.3 Å². The van der Waals surface area contributed by atoms with Gasteiger partial charge in [0.05, 0.1) is 11.1 Å². The quantitative estimate of drug-likeness (QED) is 0.569. The molecule has 0 unspecified atom stereocenters. The summed E-state index contributed by atoms with van der Waals surface area (Å²) in [5.74, 6) is 0.218. The number of benzene rings is 2. The molecule has 23 heavy (non-hydrogen) atoms. The highest BCUT2D eigenvalue weighted by Gasteiger charge is 2.37. The van der Waals surface area contributed by atoms with E-state index in [2.05, 4.69) is 0 Å². The van der Waals surface area contributed by atoms with Crippen LogP contribution in [0.3, 0.4) is 0 Å². The average Bonchev–Trinajstić information content (AvgIpc) is 3.29. The van der Waals surface area contributed by atoms with E-state index in [9.17, 15) is 26.3 Å². The van der Waals surface area contributed by atoms with Gasteiger partial charge >= 0.3 is 12.4 Å². The van der Waals surface area contributed by atoms with Crippen LogP contribution in [0.15, 0.2) is 42.5 Å². The summed E-state index contributed by atoms with van der Waals surface area (Å²) in [4.78, 5) is 0. The van der Waals surface area contributed by atoms with Crippen molar-refractivity contribution in [3.63, 3.8) is 0 Å². The molecule has 2 aromatic carbocycles. The topological polar surface area (TPSA) is 0 Å². The van der Waals surface area contributed by atoms with Crippen molar-refractivity contribution >= 4 is 0 Å². The zero-order chi connectivity index (χ0) is 16.8. The van der Waals surface area contributed by atoms with Crippen LogP contribution in [-0.2, 0) is 12.4 Å². The predicted molar refractivity (Wildman–Crippen MR) is 73.9 cm³/mol. The minimum Gasteiger partial charge on any atom is -0.166 e. The molecule has 0 bridgehead atoms. The summed E-state index contributed by atoms with van der Waals surface area (Å²) in [7, 11) is 0. The number of alkyl halides is 6. The van der Waals surface area contributed by atoms with Gasteiger partial charge in [-0.2, -0.15) is 26.3 Å².